The molecule has 0 spiro atoms. The van der Waals surface area contributed by atoms with Crippen LogP contribution in [0.1, 0.15) is 5.56 Å². The smallest absolute Gasteiger partial charge is 0.243 e. The van der Waals surface area contributed by atoms with E-state index in [0.717, 1.165) is 26.9 Å². The fourth-order valence-electron chi connectivity index (χ4n) is 2.32. The Hall–Kier alpha value is -3.32. The molecule has 3 aromatic rings. The lowest BCUT2D eigenvalue weighted by molar-refractivity contribution is -0.116. The molecule has 6 nitrogen and oxygen atoms in total. The van der Waals surface area contributed by atoms with Crippen molar-refractivity contribution in [3.8, 4) is 5.75 Å². The standard InChI is InChI=1S/C21H20N4O2S/c1-3-19(26)23-14-15-4-6-16(7-5-15)24-21-22-13-12-20(25-21)28-18-10-8-17(27-2)9-11-18/h3-13H,1,14H2,2H3,(H,23,26)(H,22,24,25). The molecule has 1 aromatic heterocycles. The molecule has 0 saturated heterocycles. The van der Waals surface area contributed by atoms with Crippen LogP contribution in [0.3, 0.4) is 0 Å². The molecule has 1 amide bonds. The molecule has 0 unspecified atom stereocenters. The average molecular weight is 392 g/mol. The predicted octanol–water partition coefficient (Wildman–Crippen LogP) is 4.18. The number of anilines is 2. The third-order valence-electron chi connectivity index (χ3n) is 3.77. The second kappa shape index (κ2) is 9.57. The van der Waals surface area contributed by atoms with Crippen LogP contribution in [0.15, 0.2) is 83.4 Å². The van der Waals surface area contributed by atoms with Gasteiger partial charge in [0.2, 0.25) is 11.9 Å². The molecule has 0 atom stereocenters. The van der Waals surface area contributed by atoms with Crippen molar-refractivity contribution < 1.29 is 9.53 Å². The zero-order valence-electron chi connectivity index (χ0n) is 15.4. The number of nitrogens with zero attached hydrogens (tertiary/aromatic N) is 2. The number of amides is 1. The van der Waals surface area contributed by atoms with E-state index in [0.29, 0.717) is 12.5 Å². The van der Waals surface area contributed by atoms with E-state index < -0.39 is 0 Å². The van der Waals surface area contributed by atoms with Crippen molar-refractivity contribution in [3.05, 3.63) is 79.0 Å². The molecule has 7 heteroatoms. The van der Waals surface area contributed by atoms with Gasteiger partial charge in [0.25, 0.3) is 0 Å². The van der Waals surface area contributed by atoms with Gasteiger partial charge in [0.05, 0.1) is 7.11 Å². The van der Waals surface area contributed by atoms with Crippen LogP contribution >= 0.6 is 11.8 Å². The Morgan fingerprint density at radius 1 is 1.14 bits per heavy atom. The molecular formula is C21H20N4O2S. The van der Waals surface area contributed by atoms with Crippen LogP contribution in [0.5, 0.6) is 5.75 Å². The molecule has 0 bridgehead atoms. The van der Waals surface area contributed by atoms with Gasteiger partial charge in [-0.05, 0) is 54.1 Å². The number of rotatable bonds is 8. The van der Waals surface area contributed by atoms with Gasteiger partial charge in [-0.15, -0.1) is 0 Å². The van der Waals surface area contributed by atoms with Gasteiger partial charge in [-0.25, -0.2) is 9.97 Å². The molecule has 2 aromatic carbocycles. The van der Waals surface area contributed by atoms with Crippen molar-refractivity contribution in [1.82, 2.24) is 15.3 Å². The van der Waals surface area contributed by atoms with Crippen LogP contribution in [0.25, 0.3) is 0 Å². The molecule has 28 heavy (non-hydrogen) atoms. The summed E-state index contributed by atoms with van der Waals surface area (Å²) in [6.07, 6.45) is 2.98. The summed E-state index contributed by atoms with van der Waals surface area (Å²) >= 11 is 1.55. The van der Waals surface area contributed by atoms with Crippen molar-refractivity contribution in [3.63, 3.8) is 0 Å². The molecule has 0 aliphatic heterocycles. The number of carbonyl (C=O) groups excluding carboxylic acids is 1. The summed E-state index contributed by atoms with van der Waals surface area (Å²) in [4.78, 5) is 21.1. The summed E-state index contributed by atoms with van der Waals surface area (Å²) in [6, 6.07) is 17.4. The first kappa shape index (κ1) is 19.4. The van der Waals surface area contributed by atoms with Gasteiger partial charge in [-0.1, -0.05) is 30.5 Å². The van der Waals surface area contributed by atoms with Gasteiger partial charge in [0.1, 0.15) is 10.8 Å². The average Bonchev–Trinajstić information content (AvgIpc) is 2.74. The summed E-state index contributed by atoms with van der Waals surface area (Å²) in [5.41, 5.74) is 1.86. The van der Waals surface area contributed by atoms with Crippen molar-refractivity contribution >= 4 is 29.3 Å². The Kier molecular flexibility index (Phi) is 6.64. The number of ether oxygens (including phenoxy) is 1. The van der Waals surface area contributed by atoms with E-state index >= 15 is 0 Å². The van der Waals surface area contributed by atoms with Gasteiger partial charge in [0, 0.05) is 23.3 Å². The minimum Gasteiger partial charge on any atom is -0.497 e. The van der Waals surface area contributed by atoms with Gasteiger partial charge in [0.15, 0.2) is 0 Å². The largest absolute Gasteiger partial charge is 0.497 e. The van der Waals surface area contributed by atoms with E-state index in [9.17, 15) is 4.79 Å². The fraction of sp³-hybridized carbons (Fsp3) is 0.0952. The Bertz CT molecular complexity index is 943. The maximum absolute atomic E-state index is 11.2. The first-order valence-corrected chi connectivity index (χ1v) is 9.39. The second-order valence-corrected chi connectivity index (χ2v) is 6.83. The summed E-state index contributed by atoms with van der Waals surface area (Å²) in [5, 5.41) is 6.77. The second-order valence-electron chi connectivity index (χ2n) is 5.74. The molecule has 0 saturated carbocycles. The molecule has 0 aliphatic carbocycles. The first-order chi connectivity index (χ1) is 13.7. The Morgan fingerprint density at radius 2 is 1.89 bits per heavy atom. The van der Waals surface area contributed by atoms with Crippen molar-refractivity contribution in [2.45, 2.75) is 16.5 Å². The molecular weight excluding hydrogens is 372 g/mol. The lowest BCUT2D eigenvalue weighted by Crippen LogP contribution is -2.19. The first-order valence-electron chi connectivity index (χ1n) is 8.57. The lowest BCUT2D eigenvalue weighted by atomic mass is 10.2. The molecule has 1 heterocycles. The van der Waals surface area contributed by atoms with Gasteiger partial charge in [-0.3, -0.25) is 4.79 Å². The number of nitrogens with one attached hydrogen (secondary N) is 2. The van der Waals surface area contributed by atoms with Crippen molar-refractivity contribution in [2.75, 3.05) is 12.4 Å². The zero-order chi connectivity index (χ0) is 19.8. The molecule has 3 rings (SSSR count). The number of methoxy groups -OCH3 is 1. The van der Waals surface area contributed by atoms with E-state index in [1.165, 1.54) is 6.08 Å². The number of benzene rings is 2. The quantitative estimate of drug-likeness (QED) is 0.442. The maximum Gasteiger partial charge on any atom is 0.243 e. The summed E-state index contributed by atoms with van der Waals surface area (Å²) in [7, 11) is 1.65. The Balaban J connectivity index is 1.62. The van der Waals surface area contributed by atoms with E-state index in [4.69, 9.17) is 4.74 Å². The lowest BCUT2D eigenvalue weighted by Gasteiger charge is -2.08. The van der Waals surface area contributed by atoms with Crippen LogP contribution in [0.2, 0.25) is 0 Å². The van der Waals surface area contributed by atoms with Crippen LogP contribution in [-0.2, 0) is 11.3 Å². The fourth-order valence-corrected chi connectivity index (χ4v) is 3.09. The van der Waals surface area contributed by atoms with Crippen LogP contribution < -0.4 is 15.4 Å². The summed E-state index contributed by atoms with van der Waals surface area (Å²) < 4.78 is 5.18. The van der Waals surface area contributed by atoms with E-state index in [-0.39, 0.29) is 5.91 Å². The SMILES string of the molecule is C=CC(=O)NCc1ccc(Nc2nccc(Sc3ccc(OC)cc3)n2)cc1. The third kappa shape index (κ3) is 5.59. The normalized spacial score (nSPS) is 10.2. The topological polar surface area (TPSA) is 76.1 Å². The van der Waals surface area contributed by atoms with Crippen molar-refractivity contribution in [1.29, 1.82) is 0 Å². The maximum atomic E-state index is 11.2. The zero-order valence-corrected chi connectivity index (χ0v) is 16.2. The van der Waals surface area contributed by atoms with E-state index in [1.54, 1.807) is 25.1 Å². The predicted molar refractivity (Wildman–Crippen MR) is 111 cm³/mol. The molecule has 0 aliphatic rings. The highest BCUT2D eigenvalue weighted by Crippen LogP contribution is 2.28. The summed E-state index contributed by atoms with van der Waals surface area (Å²) in [5.74, 6) is 1.15. The third-order valence-corrected chi connectivity index (χ3v) is 4.72. The minimum absolute atomic E-state index is 0.193. The number of carbonyl (C=O) groups is 1. The molecule has 0 radical (unpaired) electrons. The number of hydrogen-bond acceptors (Lipinski definition) is 6. The summed E-state index contributed by atoms with van der Waals surface area (Å²) in [6.45, 7) is 3.89. The number of hydrogen-bond donors (Lipinski definition) is 2. The minimum atomic E-state index is -0.193. The highest BCUT2D eigenvalue weighted by atomic mass is 32.2. The highest BCUT2D eigenvalue weighted by molar-refractivity contribution is 7.99. The Morgan fingerprint density at radius 3 is 2.57 bits per heavy atom. The highest BCUT2D eigenvalue weighted by Gasteiger charge is 2.04. The molecule has 2 N–H and O–H groups in total. The van der Waals surface area contributed by atoms with E-state index in [2.05, 4.69) is 27.2 Å². The van der Waals surface area contributed by atoms with Crippen LogP contribution in [0, 0.1) is 0 Å². The van der Waals surface area contributed by atoms with Gasteiger partial charge < -0.3 is 15.4 Å². The van der Waals surface area contributed by atoms with Gasteiger partial charge in [-0.2, -0.15) is 0 Å². The van der Waals surface area contributed by atoms with Crippen LogP contribution in [-0.4, -0.2) is 23.0 Å². The van der Waals surface area contributed by atoms with Crippen LogP contribution in [0.4, 0.5) is 11.6 Å². The van der Waals surface area contributed by atoms with Gasteiger partial charge >= 0.3 is 0 Å². The van der Waals surface area contributed by atoms with Crippen molar-refractivity contribution in [2.24, 2.45) is 0 Å². The van der Waals surface area contributed by atoms with E-state index in [1.807, 2.05) is 54.6 Å². The molecule has 142 valence electrons. The molecule has 0 fully saturated rings. The monoisotopic (exact) mass is 392 g/mol. The Labute approximate surface area is 168 Å². The number of aromatic nitrogens is 2.